The molecule has 3 heteroatoms. The molecule has 1 aromatic rings. The molecule has 3 N–H and O–H groups in total. The number of fused-ring (bicyclic) bond motifs is 1. The van der Waals surface area contributed by atoms with Crippen molar-refractivity contribution in [3.8, 4) is 0 Å². The first-order chi connectivity index (χ1) is 6.16. The minimum absolute atomic E-state index is 0.116. The van der Waals surface area contributed by atoms with E-state index in [4.69, 9.17) is 17.3 Å². The Balaban J connectivity index is 2.43. The second kappa shape index (κ2) is 3.20. The average Bonchev–Trinajstić information content (AvgIpc) is 2.06. The predicted octanol–water partition coefficient (Wildman–Crippen LogP) is 2.54. The van der Waals surface area contributed by atoms with Crippen molar-refractivity contribution in [1.29, 1.82) is 0 Å². The number of benzene rings is 1. The van der Waals surface area contributed by atoms with Crippen LogP contribution in [-0.4, -0.2) is 6.04 Å². The van der Waals surface area contributed by atoms with Gasteiger partial charge in [-0.3, -0.25) is 0 Å². The maximum absolute atomic E-state index is 6.01. The summed E-state index contributed by atoms with van der Waals surface area (Å²) < 4.78 is 0. The number of nitrogens with one attached hydrogen (secondary N) is 1. The highest BCUT2D eigenvalue weighted by Gasteiger charge is 2.20. The van der Waals surface area contributed by atoms with E-state index >= 15 is 0 Å². The quantitative estimate of drug-likeness (QED) is 0.670. The average molecular weight is 197 g/mol. The van der Waals surface area contributed by atoms with Crippen LogP contribution in [0.3, 0.4) is 0 Å². The molecule has 2 nitrogen and oxygen atoms in total. The summed E-state index contributed by atoms with van der Waals surface area (Å²) in [5.41, 5.74) is 8.26. The van der Waals surface area contributed by atoms with Crippen molar-refractivity contribution in [1.82, 2.24) is 0 Å². The molecule has 2 atom stereocenters. The molecule has 0 bridgehead atoms. The first kappa shape index (κ1) is 8.85. The van der Waals surface area contributed by atoms with Gasteiger partial charge in [0, 0.05) is 22.8 Å². The van der Waals surface area contributed by atoms with Gasteiger partial charge < -0.3 is 11.1 Å². The fourth-order valence-electron chi connectivity index (χ4n) is 1.80. The van der Waals surface area contributed by atoms with Crippen LogP contribution in [0, 0.1) is 0 Å². The minimum atomic E-state index is 0.116. The Kier molecular flexibility index (Phi) is 2.18. The van der Waals surface area contributed by atoms with Gasteiger partial charge in [0.1, 0.15) is 0 Å². The molecule has 1 aromatic carbocycles. The number of hydrogen-bond acceptors (Lipinski definition) is 2. The van der Waals surface area contributed by atoms with Crippen LogP contribution in [0.1, 0.15) is 24.9 Å². The third kappa shape index (κ3) is 1.64. The minimum Gasteiger partial charge on any atom is -0.382 e. The van der Waals surface area contributed by atoms with Gasteiger partial charge in [-0.05, 0) is 37.1 Å². The molecule has 0 aromatic heterocycles. The molecule has 0 fully saturated rings. The topological polar surface area (TPSA) is 38.0 Å². The standard InChI is InChI=1S/C10H13ClN2/c1-6-4-9(12)8-5-7(11)2-3-10(8)13-6/h2-3,5-6,9,13H,4,12H2,1H3. The highest BCUT2D eigenvalue weighted by molar-refractivity contribution is 6.30. The molecule has 0 radical (unpaired) electrons. The van der Waals surface area contributed by atoms with Crippen molar-refractivity contribution in [2.45, 2.75) is 25.4 Å². The maximum Gasteiger partial charge on any atom is 0.0410 e. The van der Waals surface area contributed by atoms with Crippen molar-refractivity contribution in [2.75, 3.05) is 5.32 Å². The van der Waals surface area contributed by atoms with E-state index in [9.17, 15) is 0 Å². The van der Waals surface area contributed by atoms with Gasteiger partial charge in [0.05, 0.1) is 0 Å². The Labute approximate surface area is 83.1 Å². The zero-order chi connectivity index (χ0) is 9.42. The Morgan fingerprint density at radius 3 is 3.08 bits per heavy atom. The molecule has 2 unspecified atom stereocenters. The number of hydrogen-bond donors (Lipinski definition) is 2. The SMILES string of the molecule is CC1CC(N)c2cc(Cl)ccc2N1. The zero-order valence-electron chi connectivity index (χ0n) is 7.55. The van der Waals surface area contributed by atoms with Crippen LogP contribution >= 0.6 is 11.6 Å². The fourth-order valence-corrected chi connectivity index (χ4v) is 1.98. The lowest BCUT2D eigenvalue weighted by Gasteiger charge is -2.29. The van der Waals surface area contributed by atoms with Crippen LogP contribution in [0.2, 0.25) is 5.02 Å². The fraction of sp³-hybridized carbons (Fsp3) is 0.400. The van der Waals surface area contributed by atoms with Crippen molar-refractivity contribution in [3.63, 3.8) is 0 Å². The van der Waals surface area contributed by atoms with Gasteiger partial charge in [0.15, 0.2) is 0 Å². The summed E-state index contributed by atoms with van der Waals surface area (Å²) in [6.07, 6.45) is 0.966. The highest BCUT2D eigenvalue weighted by Crippen LogP contribution is 2.32. The lowest BCUT2D eigenvalue weighted by molar-refractivity contribution is 0.571. The van der Waals surface area contributed by atoms with Crippen molar-refractivity contribution >= 4 is 17.3 Å². The summed E-state index contributed by atoms with van der Waals surface area (Å²) in [7, 11) is 0. The highest BCUT2D eigenvalue weighted by atomic mass is 35.5. The summed E-state index contributed by atoms with van der Waals surface area (Å²) in [6.45, 7) is 2.14. The third-order valence-corrected chi connectivity index (χ3v) is 2.66. The van der Waals surface area contributed by atoms with Crippen molar-refractivity contribution in [2.24, 2.45) is 5.73 Å². The van der Waals surface area contributed by atoms with E-state index in [1.54, 1.807) is 0 Å². The lowest BCUT2D eigenvalue weighted by Crippen LogP contribution is -2.29. The van der Waals surface area contributed by atoms with Crippen molar-refractivity contribution < 1.29 is 0 Å². The van der Waals surface area contributed by atoms with Crippen LogP contribution < -0.4 is 11.1 Å². The van der Waals surface area contributed by atoms with Gasteiger partial charge in [-0.1, -0.05) is 11.6 Å². The molecule has 0 saturated carbocycles. The Morgan fingerprint density at radius 1 is 1.54 bits per heavy atom. The van der Waals surface area contributed by atoms with E-state index in [1.165, 1.54) is 0 Å². The second-order valence-electron chi connectivity index (χ2n) is 3.62. The third-order valence-electron chi connectivity index (χ3n) is 2.42. The molecule has 13 heavy (non-hydrogen) atoms. The summed E-state index contributed by atoms with van der Waals surface area (Å²) in [5, 5.41) is 4.13. The molecule has 0 aliphatic carbocycles. The molecule has 0 spiro atoms. The monoisotopic (exact) mass is 196 g/mol. The molecule has 0 amide bonds. The van der Waals surface area contributed by atoms with Crippen LogP contribution in [0.4, 0.5) is 5.69 Å². The Bertz CT molecular complexity index is 325. The predicted molar refractivity (Wildman–Crippen MR) is 56.1 cm³/mol. The smallest absolute Gasteiger partial charge is 0.0410 e. The Hall–Kier alpha value is -0.730. The van der Waals surface area contributed by atoms with Crippen LogP contribution in [0.25, 0.3) is 0 Å². The summed E-state index contributed by atoms with van der Waals surface area (Å²) in [6, 6.07) is 6.39. The number of halogens is 1. The molecular weight excluding hydrogens is 184 g/mol. The van der Waals surface area contributed by atoms with Gasteiger partial charge in [-0.25, -0.2) is 0 Å². The van der Waals surface area contributed by atoms with Crippen LogP contribution in [0.15, 0.2) is 18.2 Å². The van der Waals surface area contributed by atoms with Crippen LogP contribution in [0.5, 0.6) is 0 Å². The van der Waals surface area contributed by atoms with E-state index in [1.807, 2.05) is 18.2 Å². The number of nitrogens with two attached hydrogens (primary N) is 1. The summed E-state index contributed by atoms with van der Waals surface area (Å²) >= 11 is 5.90. The first-order valence-electron chi connectivity index (χ1n) is 4.48. The maximum atomic E-state index is 6.01. The summed E-state index contributed by atoms with van der Waals surface area (Å²) in [5.74, 6) is 0. The van der Waals surface area contributed by atoms with E-state index in [0.29, 0.717) is 6.04 Å². The van der Waals surface area contributed by atoms with Gasteiger partial charge in [0.2, 0.25) is 0 Å². The molecule has 70 valence electrons. The number of anilines is 1. The molecular formula is C10H13ClN2. The zero-order valence-corrected chi connectivity index (χ0v) is 8.31. The molecule has 1 aliphatic rings. The van der Waals surface area contributed by atoms with Gasteiger partial charge in [0.25, 0.3) is 0 Å². The van der Waals surface area contributed by atoms with Gasteiger partial charge >= 0.3 is 0 Å². The summed E-state index contributed by atoms with van der Waals surface area (Å²) in [4.78, 5) is 0. The second-order valence-corrected chi connectivity index (χ2v) is 4.06. The van der Waals surface area contributed by atoms with Gasteiger partial charge in [-0.15, -0.1) is 0 Å². The Morgan fingerprint density at radius 2 is 2.31 bits per heavy atom. The number of rotatable bonds is 0. The first-order valence-corrected chi connectivity index (χ1v) is 4.86. The molecule has 0 saturated heterocycles. The van der Waals surface area contributed by atoms with Gasteiger partial charge in [-0.2, -0.15) is 0 Å². The largest absolute Gasteiger partial charge is 0.382 e. The van der Waals surface area contributed by atoms with Crippen LogP contribution in [-0.2, 0) is 0 Å². The molecule has 1 aliphatic heterocycles. The molecule has 2 rings (SSSR count). The van der Waals surface area contributed by atoms with E-state index < -0.39 is 0 Å². The van der Waals surface area contributed by atoms with E-state index in [0.717, 1.165) is 22.7 Å². The van der Waals surface area contributed by atoms with Crippen molar-refractivity contribution in [3.05, 3.63) is 28.8 Å². The van der Waals surface area contributed by atoms with E-state index in [-0.39, 0.29) is 6.04 Å². The lowest BCUT2D eigenvalue weighted by atomic mass is 9.94. The molecule has 1 heterocycles. The van der Waals surface area contributed by atoms with E-state index in [2.05, 4.69) is 12.2 Å². The normalized spacial score (nSPS) is 26.4.